The molecule has 0 aliphatic carbocycles. The average molecular weight is 304 g/mol. The van der Waals surface area contributed by atoms with Crippen LogP contribution in [0.3, 0.4) is 0 Å². The van der Waals surface area contributed by atoms with E-state index >= 15 is 0 Å². The Kier molecular flexibility index (Phi) is 4.40. The van der Waals surface area contributed by atoms with Gasteiger partial charge in [0, 0.05) is 19.4 Å². The van der Waals surface area contributed by atoms with Crippen LogP contribution in [0.1, 0.15) is 20.8 Å². The molecule has 4 atom stereocenters. The molecule has 0 aromatic rings. The van der Waals surface area contributed by atoms with Crippen LogP contribution in [-0.2, 0) is 9.53 Å². The molecular formula is C15H21BN2O2S. The molecule has 112 valence electrons. The first-order chi connectivity index (χ1) is 9.73. The van der Waals surface area contributed by atoms with Crippen molar-refractivity contribution >= 4 is 31.4 Å². The van der Waals surface area contributed by atoms with Gasteiger partial charge in [0.1, 0.15) is 11.9 Å². The summed E-state index contributed by atoms with van der Waals surface area (Å²) in [5.41, 5.74) is 0.354. The molecule has 1 N–H and O–H groups in total. The van der Waals surface area contributed by atoms with Crippen LogP contribution >= 0.6 is 11.8 Å². The number of nitrogens with one attached hydrogen (secondary N) is 1. The standard InChI is InChI=1S/C15H21BN2O2S/c1-8-6-12(17)18(4)14(19)13(20-5)15(8,3)11-7-10(16)9(2)21-11/h6-7,9-10,13,17H,1-5H3/t9?,10?,13?,15-/m1/s1. The van der Waals surface area contributed by atoms with Crippen molar-refractivity contribution in [3.63, 3.8) is 0 Å². The number of carbonyl (C=O) groups is 1. The first kappa shape index (κ1) is 16.4. The molecule has 4 nitrogen and oxygen atoms in total. The quantitative estimate of drug-likeness (QED) is 0.797. The van der Waals surface area contributed by atoms with Crippen LogP contribution in [0.25, 0.3) is 0 Å². The van der Waals surface area contributed by atoms with Gasteiger partial charge in [-0.3, -0.25) is 15.1 Å². The van der Waals surface area contributed by atoms with E-state index in [0.717, 1.165) is 10.5 Å². The second-order valence-corrected chi connectivity index (χ2v) is 7.28. The second-order valence-electron chi connectivity index (χ2n) is 5.86. The van der Waals surface area contributed by atoms with E-state index in [9.17, 15) is 4.79 Å². The molecule has 0 spiro atoms. The molecule has 1 amide bonds. The molecule has 0 aromatic carbocycles. The fourth-order valence-electron chi connectivity index (χ4n) is 2.78. The molecule has 0 fully saturated rings. The third kappa shape index (κ3) is 2.48. The fourth-order valence-corrected chi connectivity index (χ4v) is 4.17. The molecule has 0 saturated carbocycles. The number of likely N-dealkylation sites (N-methyl/N-ethyl adjacent to an activating group) is 1. The number of amides is 1. The summed E-state index contributed by atoms with van der Waals surface area (Å²) in [6.45, 7) is 6.03. The second kappa shape index (κ2) is 5.65. The van der Waals surface area contributed by atoms with Gasteiger partial charge in [0.25, 0.3) is 5.91 Å². The summed E-state index contributed by atoms with van der Waals surface area (Å²) in [5, 5.41) is 8.29. The fraction of sp³-hybridized carbons (Fsp3) is 0.600. The maximum Gasteiger partial charge on any atom is 0.258 e. The Morgan fingerprint density at radius 1 is 1.52 bits per heavy atom. The number of allylic oxidation sites excluding steroid dienone is 1. The average Bonchev–Trinajstić information content (AvgIpc) is 2.75. The van der Waals surface area contributed by atoms with Gasteiger partial charge in [0.2, 0.25) is 0 Å². The van der Waals surface area contributed by atoms with Crippen molar-refractivity contribution in [3.05, 3.63) is 22.6 Å². The maximum absolute atomic E-state index is 12.6. The van der Waals surface area contributed by atoms with E-state index in [1.54, 1.807) is 32.0 Å². The summed E-state index contributed by atoms with van der Waals surface area (Å²) in [6, 6.07) is 0. The minimum absolute atomic E-state index is 0.0253. The summed E-state index contributed by atoms with van der Waals surface area (Å²) in [5.74, 6) is -0.0420. The van der Waals surface area contributed by atoms with Gasteiger partial charge in [-0.1, -0.05) is 18.6 Å². The number of nitrogens with zero attached hydrogens (tertiary/aromatic N) is 1. The van der Waals surface area contributed by atoms with Crippen molar-refractivity contribution < 1.29 is 9.53 Å². The summed E-state index contributed by atoms with van der Waals surface area (Å²) in [4.78, 5) is 15.0. The number of amidine groups is 1. The van der Waals surface area contributed by atoms with Gasteiger partial charge in [0.15, 0.2) is 0 Å². The minimum atomic E-state index is -0.655. The SMILES string of the molecule is [B]C1C=C([C@@]2(C)C(C)=CC(=N)N(C)C(=O)C2OC)SC1C. The van der Waals surface area contributed by atoms with Crippen LogP contribution in [0.5, 0.6) is 0 Å². The van der Waals surface area contributed by atoms with Crippen molar-refractivity contribution in [2.75, 3.05) is 14.2 Å². The lowest BCUT2D eigenvalue weighted by Crippen LogP contribution is -2.47. The molecule has 0 bridgehead atoms. The highest BCUT2D eigenvalue weighted by atomic mass is 32.2. The Morgan fingerprint density at radius 2 is 2.14 bits per heavy atom. The predicted octanol–water partition coefficient (Wildman–Crippen LogP) is 2.38. The molecule has 2 aliphatic rings. The molecule has 21 heavy (non-hydrogen) atoms. The van der Waals surface area contributed by atoms with Crippen LogP contribution in [0, 0.1) is 10.8 Å². The van der Waals surface area contributed by atoms with Crippen molar-refractivity contribution in [1.82, 2.24) is 4.90 Å². The molecule has 3 unspecified atom stereocenters. The monoisotopic (exact) mass is 304 g/mol. The molecular weight excluding hydrogens is 283 g/mol. The van der Waals surface area contributed by atoms with Crippen molar-refractivity contribution in [2.45, 2.75) is 37.9 Å². The zero-order valence-electron chi connectivity index (χ0n) is 13.1. The van der Waals surface area contributed by atoms with Gasteiger partial charge < -0.3 is 4.74 Å². The van der Waals surface area contributed by atoms with Gasteiger partial charge in [-0.15, -0.1) is 11.8 Å². The van der Waals surface area contributed by atoms with Crippen LogP contribution < -0.4 is 0 Å². The molecule has 2 heterocycles. The molecule has 0 aromatic heterocycles. The summed E-state index contributed by atoms with van der Waals surface area (Å²) < 4.78 is 5.55. The zero-order valence-corrected chi connectivity index (χ0v) is 14.0. The van der Waals surface area contributed by atoms with Crippen LogP contribution in [0.15, 0.2) is 22.6 Å². The van der Waals surface area contributed by atoms with Crippen LogP contribution in [0.2, 0.25) is 5.82 Å². The largest absolute Gasteiger partial charge is 0.370 e. The topological polar surface area (TPSA) is 53.4 Å². The Bertz CT molecular complexity index is 546. The number of hydrogen-bond donors (Lipinski definition) is 1. The Labute approximate surface area is 131 Å². The van der Waals surface area contributed by atoms with Gasteiger partial charge in [0.05, 0.1) is 13.3 Å². The van der Waals surface area contributed by atoms with E-state index in [1.807, 2.05) is 19.9 Å². The van der Waals surface area contributed by atoms with E-state index in [1.165, 1.54) is 4.90 Å². The Morgan fingerprint density at radius 3 is 2.62 bits per heavy atom. The van der Waals surface area contributed by atoms with Crippen molar-refractivity contribution in [3.8, 4) is 0 Å². The maximum atomic E-state index is 12.6. The molecule has 0 saturated heterocycles. The highest BCUT2D eigenvalue weighted by Gasteiger charge is 2.49. The van der Waals surface area contributed by atoms with E-state index in [-0.39, 0.29) is 22.8 Å². The van der Waals surface area contributed by atoms with Gasteiger partial charge in [-0.05, 0) is 30.6 Å². The lowest BCUT2D eigenvalue weighted by molar-refractivity contribution is -0.141. The molecule has 2 rings (SSSR count). The number of carbonyl (C=O) groups excluding carboxylic acids is 1. The highest BCUT2D eigenvalue weighted by Crippen LogP contribution is 2.53. The third-order valence-corrected chi connectivity index (χ3v) is 6.06. The van der Waals surface area contributed by atoms with Gasteiger partial charge in [-0.2, -0.15) is 0 Å². The smallest absolute Gasteiger partial charge is 0.258 e. The Hall–Kier alpha value is -1.01. The minimum Gasteiger partial charge on any atom is -0.370 e. The normalized spacial score (nSPS) is 37.4. The number of thioether (sulfide) groups is 1. The predicted molar refractivity (Wildman–Crippen MR) is 87.8 cm³/mol. The molecule has 6 heteroatoms. The lowest BCUT2D eigenvalue weighted by atomic mass is 9.74. The van der Waals surface area contributed by atoms with Gasteiger partial charge in [-0.25, -0.2) is 0 Å². The third-order valence-electron chi connectivity index (χ3n) is 4.56. The zero-order chi connectivity index (χ0) is 15.9. The number of methoxy groups -OCH3 is 1. The van der Waals surface area contributed by atoms with Crippen molar-refractivity contribution in [2.24, 2.45) is 5.41 Å². The van der Waals surface area contributed by atoms with E-state index < -0.39 is 11.5 Å². The number of ether oxygens (including phenoxy) is 1. The first-order valence-corrected chi connectivity index (χ1v) is 7.83. The summed E-state index contributed by atoms with van der Waals surface area (Å²) >= 11 is 1.69. The number of hydrogen-bond acceptors (Lipinski definition) is 4. The van der Waals surface area contributed by atoms with E-state index in [0.29, 0.717) is 0 Å². The van der Waals surface area contributed by atoms with E-state index in [2.05, 4.69) is 6.92 Å². The lowest BCUT2D eigenvalue weighted by Gasteiger charge is -2.37. The Balaban J connectivity index is 2.56. The number of rotatable bonds is 2. The summed E-state index contributed by atoms with van der Waals surface area (Å²) in [6.07, 6.45) is 3.12. The molecule has 2 radical (unpaired) electrons. The first-order valence-electron chi connectivity index (χ1n) is 6.95. The molecule has 2 aliphatic heterocycles. The van der Waals surface area contributed by atoms with E-state index in [4.69, 9.17) is 18.0 Å². The van der Waals surface area contributed by atoms with Crippen LogP contribution in [-0.4, -0.2) is 50.0 Å². The van der Waals surface area contributed by atoms with Gasteiger partial charge >= 0.3 is 0 Å². The highest BCUT2D eigenvalue weighted by molar-refractivity contribution is 8.04. The van der Waals surface area contributed by atoms with Crippen LogP contribution in [0.4, 0.5) is 0 Å². The van der Waals surface area contributed by atoms with Crippen molar-refractivity contribution in [1.29, 1.82) is 5.41 Å². The summed E-state index contributed by atoms with van der Waals surface area (Å²) in [7, 11) is 9.25.